The molecule has 0 aliphatic carbocycles. The van der Waals surface area contributed by atoms with Crippen molar-refractivity contribution in [1.82, 2.24) is 10.2 Å². The minimum absolute atomic E-state index is 0.181. The lowest BCUT2D eigenvalue weighted by atomic mass is 10.0. The number of nitrogens with two attached hydrogens (primary N) is 1. The maximum Gasteiger partial charge on any atom is 0.243 e. The van der Waals surface area contributed by atoms with Gasteiger partial charge in [0.2, 0.25) is 11.8 Å². The second kappa shape index (κ2) is 5.36. The lowest BCUT2D eigenvalue weighted by Crippen LogP contribution is -2.62. The van der Waals surface area contributed by atoms with Gasteiger partial charge in [0.1, 0.15) is 0 Å². The SMILES string of the molecule is CCC1C(=O)NC(=O)CN1C(CC)C(N)=S. The number of hydrogen-bond donors (Lipinski definition) is 2. The number of carbonyl (C=O) groups is 2. The number of carbonyl (C=O) groups excluding carboxylic acids is 2. The predicted molar refractivity (Wildman–Crippen MR) is 64.8 cm³/mol. The Morgan fingerprint density at radius 1 is 1.62 bits per heavy atom. The van der Waals surface area contributed by atoms with Crippen LogP contribution >= 0.6 is 12.2 Å². The van der Waals surface area contributed by atoms with Gasteiger partial charge in [0, 0.05) is 0 Å². The number of rotatable bonds is 4. The van der Waals surface area contributed by atoms with Gasteiger partial charge < -0.3 is 5.73 Å². The highest BCUT2D eigenvalue weighted by atomic mass is 32.1. The van der Waals surface area contributed by atoms with Gasteiger partial charge in [0.25, 0.3) is 0 Å². The number of thiocarbonyl (C=S) groups is 1. The number of piperazine rings is 1. The molecule has 16 heavy (non-hydrogen) atoms. The Labute approximate surface area is 100 Å². The summed E-state index contributed by atoms with van der Waals surface area (Å²) >= 11 is 4.97. The molecule has 0 saturated carbocycles. The molecule has 0 spiro atoms. The van der Waals surface area contributed by atoms with Crippen LogP contribution in [0.15, 0.2) is 0 Å². The smallest absolute Gasteiger partial charge is 0.243 e. The number of imide groups is 1. The zero-order chi connectivity index (χ0) is 12.3. The van der Waals surface area contributed by atoms with E-state index in [4.69, 9.17) is 18.0 Å². The minimum atomic E-state index is -0.316. The molecule has 2 unspecified atom stereocenters. The van der Waals surface area contributed by atoms with E-state index in [-0.39, 0.29) is 30.4 Å². The molecule has 1 rings (SSSR count). The summed E-state index contributed by atoms with van der Waals surface area (Å²) in [5.74, 6) is -0.544. The van der Waals surface area contributed by atoms with Gasteiger partial charge in [-0.15, -0.1) is 0 Å². The van der Waals surface area contributed by atoms with Crippen molar-refractivity contribution >= 4 is 29.0 Å². The molecule has 90 valence electrons. The summed E-state index contributed by atoms with van der Waals surface area (Å²) in [6.45, 7) is 4.02. The molecule has 1 fully saturated rings. The average Bonchev–Trinajstić information content (AvgIpc) is 2.17. The van der Waals surface area contributed by atoms with Crippen LogP contribution in [0.3, 0.4) is 0 Å². The van der Waals surface area contributed by atoms with Crippen LogP contribution in [0.2, 0.25) is 0 Å². The Balaban J connectivity index is 2.92. The molecule has 0 radical (unpaired) electrons. The van der Waals surface area contributed by atoms with E-state index in [0.717, 1.165) is 0 Å². The lowest BCUT2D eigenvalue weighted by molar-refractivity contribution is -0.140. The van der Waals surface area contributed by atoms with E-state index in [2.05, 4.69) is 5.32 Å². The molecule has 2 atom stereocenters. The first kappa shape index (κ1) is 13.1. The van der Waals surface area contributed by atoms with Crippen molar-refractivity contribution in [2.24, 2.45) is 5.73 Å². The first-order valence-corrected chi connectivity index (χ1v) is 5.80. The number of nitrogens with zero attached hydrogens (tertiary/aromatic N) is 1. The third kappa shape index (κ3) is 2.56. The van der Waals surface area contributed by atoms with E-state index >= 15 is 0 Å². The number of amides is 2. The molecule has 1 aliphatic heterocycles. The summed E-state index contributed by atoms with van der Waals surface area (Å²) in [5.41, 5.74) is 5.63. The Morgan fingerprint density at radius 3 is 2.69 bits per heavy atom. The van der Waals surface area contributed by atoms with Crippen molar-refractivity contribution in [3.63, 3.8) is 0 Å². The molecule has 2 amide bonds. The largest absolute Gasteiger partial charge is 0.392 e. The molecule has 0 bridgehead atoms. The highest BCUT2D eigenvalue weighted by Gasteiger charge is 2.36. The average molecular weight is 243 g/mol. The molecule has 1 saturated heterocycles. The van der Waals surface area contributed by atoms with Crippen LogP contribution in [-0.4, -0.2) is 40.3 Å². The van der Waals surface area contributed by atoms with Crippen LogP contribution in [0, 0.1) is 0 Å². The van der Waals surface area contributed by atoms with Crippen LogP contribution in [0.4, 0.5) is 0 Å². The van der Waals surface area contributed by atoms with Crippen molar-refractivity contribution in [3.8, 4) is 0 Å². The Kier molecular flexibility index (Phi) is 4.37. The Morgan fingerprint density at radius 2 is 2.25 bits per heavy atom. The zero-order valence-electron chi connectivity index (χ0n) is 9.53. The van der Waals surface area contributed by atoms with Crippen molar-refractivity contribution in [3.05, 3.63) is 0 Å². The van der Waals surface area contributed by atoms with E-state index in [1.165, 1.54) is 0 Å². The second-order valence-electron chi connectivity index (χ2n) is 3.84. The molecule has 3 N–H and O–H groups in total. The van der Waals surface area contributed by atoms with Gasteiger partial charge in [0.15, 0.2) is 0 Å². The zero-order valence-corrected chi connectivity index (χ0v) is 10.3. The topological polar surface area (TPSA) is 75.4 Å². The molecule has 1 aliphatic rings. The maximum atomic E-state index is 11.6. The molecule has 5 nitrogen and oxygen atoms in total. The summed E-state index contributed by atoms with van der Waals surface area (Å²) in [6.07, 6.45) is 1.34. The minimum Gasteiger partial charge on any atom is -0.392 e. The molecular weight excluding hydrogens is 226 g/mol. The van der Waals surface area contributed by atoms with E-state index in [1.54, 1.807) is 4.90 Å². The fourth-order valence-corrected chi connectivity index (χ4v) is 2.34. The summed E-state index contributed by atoms with van der Waals surface area (Å²) in [5, 5.41) is 2.32. The quantitative estimate of drug-likeness (QED) is 0.528. The lowest BCUT2D eigenvalue weighted by Gasteiger charge is -2.38. The predicted octanol–water partition coefficient (Wildman–Crippen LogP) is -0.212. The van der Waals surface area contributed by atoms with Crippen LogP contribution in [0.1, 0.15) is 26.7 Å². The van der Waals surface area contributed by atoms with Gasteiger partial charge in [-0.25, -0.2) is 0 Å². The fraction of sp³-hybridized carbons (Fsp3) is 0.700. The third-order valence-electron chi connectivity index (χ3n) is 2.79. The van der Waals surface area contributed by atoms with Gasteiger partial charge in [0.05, 0.1) is 23.6 Å². The van der Waals surface area contributed by atoms with E-state index < -0.39 is 0 Å². The third-order valence-corrected chi connectivity index (χ3v) is 3.07. The van der Waals surface area contributed by atoms with Gasteiger partial charge in [-0.05, 0) is 12.8 Å². The van der Waals surface area contributed by atoms with Gasteiger partial charge in [-0.3, -0.25) is 19.8 Å². The van der Waals surface area contributed by atoms with Crippen LogP contribution in [0.5, 0.6) is 0 Å². The molecular formula is C10H17N3O2S. The van der Waals surface area contributed by atoms with E-state index in [9.17, 15) is 9.59 Å². The van der Waals surface area contributed by atoms with Gasteiger partial charge in [-0.1, -0.05) is 26.1 Å². The summed E-state index contributed by atoms with van der Waals surface area (Å²) in [7, 11) is 0. The molecule has 0 aromatic carbocycles. The molecule has 0 aromatic heterocycles. The molecule has 1 heterocycles. The van der Waals surface area contributed by atoms with Gasteiger partial charge >= 0.3 is 0 Å². The summed E-state index contributed by atoms with van der Waals surface area (Å²) in [4.78, 5) is 25.1. The highest BCUT2D eigenvalue weighted by Crippen LogP contribution is 2.15. The second-order valence-corrected chi connectivity index (χ2v) is 4.31. The standard InChI is InChI=1S/C10H17N3O2S/c1-3-6(9(11)16)13-5-8(14)12-10(15)7(13)4-2/h6-7H,3-5H2,1-2H3,(H2,11,16)(H,12,14,15). The van der Waals surface area contributed by atoms with E-state index in [0.29, 0.717) is 17.8 Å². The van der Waals surface area contributed by atoms with Crippen molar-refractivity contribution in [2.45, 2.75) is 38.8 Å². The van der Waals surface area contributed by atoms with Crippen molar-refractivity contribution < 1.29 is 9.59 Å². The van der Waals surface area contributed by atoms with Crippen molar-refractivity contribution in [2.75, 3.05) is 6.54 Å². The Bertz CT molecular complexity index is 313. The normalized spacial score (nSPS) is 24.0. The van der Waals surface area contributed by atoms with Crippen LogP contribution in [-0.2, 0) is 9.59 Å². The summed E-state index contributed by atoms with van der Waals surface area (Å²) < 4.78 is 0. The highest BCUT2D eigenvalue weighted by molar-refractivity contribution is 7.80. The first-order valence-electron chi connectivity index (χ1n) is 5.40. The van der Waals surface area contributed by atoms with Crippen molar-refractivity contribution in [1.29, 1.82) is 0 Å². The van der Waals surface area contributed by atoms with Crippen LogP contribution < -0.4 is 11.1 Å². The monoisotopic (exact) mass is 243 g/mol. The summed E-state index contributed by atoms with van der Waals surface area (Å²) in [6, 6.07) is -0.501. The first-order chi connectivity index (χ1) is 7.51. The maximum absolute atomic E-state index is 11.6. The van der Waals surface area contributed by atoms with Gasteiger partial charge in [-0.2, -0.15) is 0 Å². The van der Waals surface area contributed by atoms with Crippen LogP contribution in [0.25, 0.3) is 0 Å². The Hall–Kier alpha value is -1.01. The number of nitrogens with one attached hydrogen (secondary N) is 1. The molecule has 6 heteroatoms. The number of hydrogen-bond acceptors (Lipinski definition) is 4. The fourth-order valence-electron chi connectivity index (χ4n) is 2.03. The molecule has 0 aromatic rings. The van der Waals surface area contributed by atoms with E-state index in [1.807, 2.05) is 13.8 Å².